The zero-order chi connectivity index (χ0) is 20.4. The van der Waals surface area contributed by atoms with Crippen LogP contribution in [0.15, 0.2) is 24.3 Å². The zero-order valence-electron chi connectivity index (χ0n) is 16.4. The Hall–Kier alpha value is -3.10. The summed E-state index contributed by atoms with van der Waals surface area (Å²) in [6.07, 6.45) is 4.78. The van der Waals surface area contributed by atoms with E-state index in [2.05, 4.69) is 27.7 Å². The van der Waals surface area contributed by atoms with E-state index >= 15 is 0 Å². The molecule has 2 aliphatic rings. The van der Waals surface area contributed by atoms with E-state index in [0.29, 0.717) is 22.9 Å². The Morgan fingerprint density at radius 3 is 2.52 bits per heavy atom. The average molecular weight is 396 g/mol. The number of aromatic nitrogens is 4. The Balaban J connectivity index is 1.30. The second-order valence-corrected chi connectivity index (χ2v) is 7.73. The number of amides is 3. The Morgan fingerprint density at radius 1 is 1.14 bits per heavy atom. The highest BCUT2D eigenvalue weighted by Gasteiger charge is 2.34. The predicted molar refractivity (Wildman–Crippen MR) is 103 cm³/mol. The SMILES string of the molecule is CC1CCCCC1NC(=O)Cn1nnc(CCN2C(=O)c3ccccc3C2=O)n1. The fraction of sp³-hybridized carbons (Fsp3) is 0.500. The normalized spacial score (nSPS) is 21.3. The number of fused-ring (bicyclic) bond motifs is 1. The third-order valence-corrected chi connectivity index (χ3v) is 5.67. The van der Waals surface area contributed by atoms with E-state index in [-0.39, 0.29) is 43.3 Å². The van der Waals surface area contributed by atoms with Gasteiger partial charge in [0.05, 0.1) is 11.1 Å². The topological polar surface area (TPSA) is 110 Å². The van der Waals surface area contributed by atoms with Crippen molar-refractivity contribution in [1.29, 1.82) is 0 Å². The van der Waals surface area contributed by atoms with E-state index in [1.165, 1.54) is 16.1 Å². The second kappa shape index (κ2) is 8.10. The van der Waals surface area contributed by atoms with Crippen molar-refractivity contribution in [1.82, 2.24) is 30.4 Å². The third kappa shape index (κ3) is 4.03. The summed E-state index contributed by atoms with van der Waals surface area (Å²) < 4.78 is 0. The number of hydrogen-bond donors (Lipinski definition) is 1. The number of nitrogens with one attached hydrogen (secondary N) is 1. The second-order valence-electron chi connectivity index (χ2n) is 7.73. The Labute approximate surface area is 168 Å². The minimum atomic E-state index is -0.307. The molecule has 9 nitrogen and oxygen atoms in total. The minimum Gasteiger partial charge on any atom is -0.351 e. The minimum absolute atomic E-state index is 0.00321. The van der Waals surface area contributed by atoms with Crippen LogP contribution in [0.5, 0.6) is 0 Å². The van der Waals surface area contributed by atoms with Crippen LogP contribution in [-0.4, -0.2) is 55.4 Å². The predicted octanol–water partition coefficient (Wildman–Crippen LogP) is 1.21. The van der Waals surface area contributed by atoms with Crippen molar-refractivity contribution in [2.45, 2.75) is 51.6 Å². The van der Waals surface area contributed by atoms with Gasteiger partial charge in [-0.2, -0.15) is 4.80 Å². The molecule has 2 unspecified atom stereocenters. The summed E-state index contributed by atoms with van der Waals surface area (Å²) in [6.45, 7) is 2.34. The number of nitrogens with zero attached hydrogens (tertiary/aromatic N) is 5. The monoisotopic (exact) mass is 396 g/mol. The van der Waals surface area contributed by atoms with Crippen molar-refractivity contribution in [2.24, 2.45) is 5.92 Å². The number of hydrogen-bond acceptors (Lipinski definition) is 6. The summed E-state index contributed by atoms with van der Waals surface area (Å²) in [4.78, 5) is 39.5. The number of carbonyl (C=O) groups excluding carboxylic acids is 3. The van der Waals surface area contributed by atoms with Gasteiger partial charge < -0.3 is 5.32 Å². The summed E-state index contributed by atoms with van der Waals surface area (Å²) in [6, 6.07) is 6.97. The number of carbonyl (C=O) groups is 3. The van der Waals surface area contributed by atoms with E-state index < -0.39 is 0 Å². The van der Waals surface area contributed by atoms with Gasteiger partial charge in [0.15, 0.2) is 5.82 Å². The molecule has 9 heteroatoms. The lowest BCUT2D eigenvalue weighted by Gasteiger charge is -2.29. The molecule has 1 fully saturated rings. The summed E-state index contributed by atoms with van der Waals surface area (Å²) in [7, 11) is 0. The van der Waals surface area contributed by atoms with Crippen LogP contribution in [-0.2, 0) is 17.8 Å². The van der Waals surface area contributed by atoms with Gasteiger partial charge in [0, 0.05) is 19.0 Å². The van der Waals surface area contributed by atoms with Crippen LogP contribution in [0.2, 0.25) is 0 Å². The first kappa shape index (κ1) is 19.2. The molecule has 0 bridgehead atoms. The Bertz CT molecular complexity index is 905. The molecule has 0 radical (unpaired) electrons. The van der Waals surface area contributed by atoms with Gasteiger partial charge in [-0.25, -0.2) is 0 Å². The zero-order valence-corrected chi connectivity index (χ0v) is 16.4. The molecule has 3 amide bonds. The van der Waals surface area contributed by atoms with Crippen molar-refractivity contribution in [3.8, 4) is 0 Å². The molecule has 1 aromatic heterocycles. The molecule has 1 aromatic carbocycles. The van der Waals surface area contributed by atoms with Crippen molar-refractivity contribution in [2.75, 3.05) is 6.54 Å². The quantitative estimate of drug-likeness (QED) is 0.735. The van der Waals surface area contributed by atoms with Gasteiger partial charge >= 0.3 is 0 Å². The molecular weight excluding hydrogens is 372 g/mol. The van der Waals surface area contributed by atoms with Gasteiger partial charge in [-0.3, -0.25) is 19.3 Å². The summed E-state index contributed by atoms with van der Waals surface area (Å²) in [5, 5.41) is 15.1. The van der Waals surface area contributed by atoms with Crippen LogP contribution in [0.25, 0.3) is 0 Å². The van der Waals surface area contributed by atoms with Gasteiger partial charge in [-0.05, 0) is 36.1 Å². The highest BCUT2D eigenvalue weighted by molar-refractivity contribution is 6.21. The van der Waals surface area contributed by atoms with E-state index in [1.807, 2.05) is 0 Å². The highest BCUT2D eigenvalue weighted by Crippen LogP contribution is 2.24. The van der Waals surface area contributed by atoms with Gasteiger partial charge in [-0.15, -0.1) is 10.2 Å². The van der Waals surface area contributed by atoms with Crippen LogP contribution in [0.1, 0.15) is 59.1 Å². The van der Waals surface area contributed by atoms with Crippen molar-refractivity contribution < 1.29 is 14.4 Å². The Kier molecular flexibility index (Phi) is 5.37. The third-order valence-electron chi connectivity index (χ3n) is 5.67. The Morgan fingerprint density at radius 2 is 1.83 bits per heavy atom. The van der Waals surface area contributed by atoms with Gasteiger partial charge in [-0.1, -0.05) is 31.9 Å². The molecule has 4 rings (SSSR count). The summed E-state index contributed by atoms with van der Waals surface area (Å²) in [5.74, 6) is 0.123. The summed E-state index contributed by atoms with van der Waals surface area (Å²) in [5.41, 5.74) is 0.838. The maximum absolute atomic E-state index is 12.4. The molecule has 2 heterocycles. The number of rotatable bonds is 6. The molecule has 1 saturated carbocycles. The van der Waals surface area contributed by atoms with Crippen molar-refractivity contribution >= 4 is 17.7 Å². The molecular formula is C20H24N6O3. The maximum atomic E-state index is 12.4. The lowest BCUT2D eigenvalue weighted by molar-refractivity contribution is -0.123. The molecule has 0 spiro atoms. The molecule has 1 aliphatic carbocycles. The van der Waals surface area contributed by atoms with E-state index in [9.17, 15) is 14.4 Å². The van der Waals surface area contributed by atoms with Crippen LogP contribution in [0.4, 0.5) is 0 Å². The summed E-state index contributed by atoms with van der Waals surface area (Å²) >= 11 is 0. The molecule has 29 heavy (non-hydrogen) atoms. The van der Waals surface area contributed by atoms with Gasteiger partial charge in [0.2, 0.25) is 5.91 Å². The fourth-order valence-corrected chi connectivity index (χ4v) is 4.01. The first-order chi connectivity index (χ1) is 14.0. The lowest BCUT2D eigenvalue weighted by atomic mass is 9.86. The van der Waals surface area contributed by atoms with Crippen LogP contribution >= 0.6 is 0 Å². The molecule has 0 saturated heterocycles. The molecule has 152 valence electrons. The van der Waals surface area contributed by atoms with Crippen LogP contribution in [0, 0.1) is 5.92 Å². The van der Waals surface area contributed by atoms with E-state index in [1.54, 1.807) is 24.3 Å². The first-order valence-corrected chi connectivity index (χ1v) is 10.0. The van der Waals surface area contributed by atoms with Crippen molar-refractivity contribution in [3.63, 3.8) is 0 Å². The van der Waals surface area contributed by atoms with Crippen molar-refractivity contribution in [3.05, 3.63) is 41.2 Å². The van der Waals surface area contributed by atoms with Gasteiger partial charge in [0.25, 0.3) is 11.8 Å². The maximum Gasteiger partial charge on any atom is 0.261 e. The van der Waals surface area contributed by atoms with Crippen LogP contribution < -0.4 is 5.32 Å². The molecule has 2 atom stereocenters. The molecule has 2 aromatic rings. The average Bonchev–Trinajstić information content (AvgIpc) is 3.25. The largest absolute Gasteiger partial charge is 0.351 e. The van der Waals surface area contributed by atoms with E-state index in [4.69, 9.17) is 0 Å². The fourth-order valence-electron chi connectivity index (χ4n) is 4.01. The highest BCUT2D eigenvalue weighted by atomic mass is 16.2. The number of benzene rings is 1. The first-order valence-electron chi connectivity index (χ1n) is 10.0. The van der Waals surface area contributed by atoms with E-state index in [0.717, 1.165) is 19.3 Å². The lowest BCUT2D eigenvalue weighted by Crippen LogP contribution is -2.42. The molecule has 1 N–H and O–H groups in total. The van der Waals surface area contributed by atoms with Crippen LogP contribution in [0.3, 0.4) is 0 Å². The number of imide groups is 1. The molecule has 1 aliphatic heterocycles. The smallest absolute Gasteiger partial charge is 0.261 e. The number of tetrazole rings is 1. The van der Waals surface area contributed by atoms with Gasteiger partial charge in [0.1, 0.15) is 6.54 Å². The standard InChI is InChI=1S/C20H24N6O3/c1-13-6-2-5-9-16(13)21-18(27)12-26-23-17(22-24-26)10-11-25-19(28)14-7-3-4-8-15(14)20(25)29/h3-4,7-8,13,16H,2,5-6,9-12H2,1H3,(H,21,27).